The molecule has 0 aliphatic rings. The normalized spacial score (nSPS) is 12.6. The molecule has 6 heteroatoms. The molecule has 0 heterocycles. The molecule has 1 atom stereocenters. The molecule has 0 aliphatic carbocycles. The highest BCUT2D eigenvalue weighted by Crippen LogP contribution is 2.15. The van der Waals surface area contributed by atoms with Crippen molar-refractivity contribution in [2.24, 2.45) is 0 Å². The average Bonchev–Trinajstić information content (AvgIpc) is 3.27. The summed E-state index contributed by atoms with van der Waals surface area (Å²) in [6.45, 7) is 6.44. The Kier molecular flexibility index (Phi) is 47.9. The predicted molar refractivity (Wildman–Crippen MR) is 265 cm³/mol. The zero-order valence-electron chi connectivity index (χ0n) is 40.6. The maximum absolute atomic E-state index is 12.8. The van der Waals surface area contributed by atoms with Gasteiger partial charge < -0.3 is 14.2 Å². The average molecular weight is 865 g/mol. The van der Waals surface area contributed by atoms with Crippen molar-refractivity contribution in [1.29, 1.82) is 0 Å². The molecule has 1 unspecified atom stereocenters. The molecule has 0 aromatic rings. The number of carbonyl (C=O) groups excluding carboxylic acids is 3. The van der Waals surface area contributed by atoms with E-state index in [1.165, 1.54) is 122 Å². The lowest BCUT2D eigenvalue weighted by Crippen LogP contribution is -2.30. The number of ether oxygens (including phenoxy) is 3. The highest BCUT2D eigenvalue weighted by molar-refractivity contribution is 5.71. The van der Waals surface area contributed by atoms with Crippen LogP contribution < -0.4 is 0 Å². The van der Waals surface area contributed by atoms with Crippen molar-refractivity contribution in [3.05, 3.63) is 72.9 Å². The van der Waals surface area contributed by atoms with Crippen LogP contribution in [0.5, 0.6) is 0 Å². The second-order valence-electron chi connectivity index (χ2n) is 17.1. The molecule has 62 heavy (non-hydrogen) atoms. The van der Waals surface area contributed by atoms with Crippen LogP contribution in [0.25, 0.3) is 0 Å². The molecule has 0 saturated carbocycles. The van der Waals surface area contributed by atoms with Gasteiger partial charge in [-0.25, -0.2) is 0 Å². The Morgan fingerprint density at radius 3 is 1.16 bits per heavy atom. The molecule has 0 radical (unpaired) electrons. The SMILES string of the molecule is CC\C=C/C=C\C=C/C=C\CCCCCC(=O)OCC(COC(=O)CCCCCCCCC/C=C\C/C=C\CCCCC)OC(=O)CCCCCCCCCCCCCCCC. The molecule has 0 fully saturated rings. The van der Waals surface area contributed by atoms with Crippen LogP contribution in [0.4, 0.5) is 0 Å². The van der Waals surface area contributed by atoms with Crippen LogP contribution in [0.2, 0.25) is 0 Å². The molecular formula is C56H96O6. The van der Waals surface area contributed by atoms with Gasteiger partial charge in [-0.05, 0) is 70.6 Å². The predicted octanol–water partition coefficient (Wildman–Crippen LogP) is 17.0. The number of esters is 3. The number of rotatable bonds is 46. The first-order chi connectivity index (χ1) is 30.5. The van der Waals surface area contributed by atoms with Crippen LogP contribution in [-0.2, 0) is 28.6 Å². The van der Waals surface area contributed by atoms with Crippen LogP contribution in [0.1, 0.15) is 245 Å². The third-order valence-electron chi connectivity index (χ3n) is 11.0. The summed E-state index contributed by atoms with van der Waals surface area (Å²) in [6, 6.07) is 0. The molecule has 0 saturated heterocycles. The van der Waals surface area contributed by atoms with Gasteiger partial charge in [-0.15, -0.1) is 0 Å². The fraction of sp³-hybridized carbons (Fsp3) is 0.732. The molecule has 0 aromatic heterocycles. The van der Waals surface area contributed by atoms with Gasteiger partial charge in [0.15, 0.2) is 6.10 Å². The van der Waals surface area contributed by atoms with Gasteiger partial charge in [0.1, 0.15) is 13.2 Å². The van der Waals surface area contributed by atoms with E-state index >= 15 is 0 Å². The number of carbonyl (C=O) groups is 3. The van der Waals surface area contributed by atoms with Gasteiger partial charge in [0.05, 0.1) is 0 Å². The Morgan fingerprint density at radius 1 is 0.355 bits per heavy atom. The first-order valence-corrected chi connectivity index (χ1v) is 26.0. The van der Waals surface area contributed by atoms with Crippen LogP contribution in [0.15, 0.2) is 72.9 Å². The van der Waals surface area contributed by atoms with E-state index in [0.29, 0.717) is 19.3 Å². The van der Waals surface area contributed by atoms with Crippen molar-refractivity contribution in [1.82, 2.24) is 0 Å². The zero-order valence-corrected chi connectivity index (χ0v) is 40.6. The van der Waals surface area contributed by atoms with Gasteiger partial charge in [0.2, 0.25) is 0 Å². The Hall–Kier alpha value is -3.15. The minimum absolute atomic E-state index is 0.0910. The van der Waals surface area contributed by atoms with E-state index in [1.54, 1.807) is 0 Å². The second-order valence-corrected chi connectivity index (χ2v) is 17.1. The van der Waals surface area contributed by atoms with Crippen molar-refractivity contribution >= 4 is 17.9 Å². The Labute approximate surface area is 382 Å². The molecule has 0 aromatic carbocycles. The smallest absolute Gasteiger partial charge is 0.306 e. The first-order valence-electron chi connectivity index (χ1n) is 26.0. The molecule has 0 amide bonds. The number of allylic oxidation sites excluding steroid dienone is 12. The third-order valence-corrected chi connectivity index (χ3v) is 11.0. The van der Waals surface area contributed by atoms with Crippen LogP contribution in [-0.4, -0.2) is 37.2 Å². The van der Waals surface area contributed by atoms with E-state index in [4.69, 9.17) is 14.2 Å². The topological polar surface area (TPSA) is 78.9 Å². The summed E-state index contributed by atoms with van der Waals surface area (Å²) in [6.07, 6.45) is 63.1. The van der Waals surface area contributed by atoms with Crippen molar-refractivity contribution in [3.63, 3.8) is 0 Å². The third kappa shape index (κ3) is 47.9. The molecule has 0 aliphatic heterocycles. The van der Waals surface area contributed by atoms with Gasteiger partial charge in [-0.2, -0.15) is 0 Å². The summed E-state index contributed by atoms with van der Waals surface area (Å²) in [4.78, 5) is 38.0. The lowest BCUT2D eigenvalue weighted by atomic mass is 10.0. The van der Waals surface area contributed by atoms with Crippen LogP contribution in [0.3, 0.4) is 0 Å². The Bertz CT molecular complexity index is 1180. The minimum Gasteiger partial charge on any atom is -0.462 e. The van der Waals surface area contributed by atoms with Gasteiger partial charge in [-0.3, -0.25) is 14.4 Å². The summed E-state index contributed by atoms with van der Waals surface area (Å²) in [5.41, 5.74) is 0. The molecular weight excluding hydrogens is 769 g/mol. The minimum atomic E-state index is -0.792. The summed E-state index contributed by atoms with van der Waals surface area (Å²) < 4.78 is 16.8. The lowest BCUT2D eigenvalue weighted by molar-refractivity contribution is -0.167. The van der Waals surface area contributed by atoms with Crippen molar-refractivity contribution in [3.8, 4) is 0 Å². The second kappa shape index (κ2) is 50.5. The molecule has 6 nitrogen and oxygen atoms in total. The standard InChI is InChI=1S/C56H96O6/c1-4-7-10-13-16-19-22-25-27-28-29-32-34-37-40-43-46-49-55(58)61-52-53(51-60-54(57)48-45-42-39-36-33-30-24-21-18-15-12-9-6-3)62-56(59)50-47-44-41-38-35-31-26-23-20-17-14-11-8-5-2/h9,12,15-16,18-19,21,24-25,27,30,33,53H,4-8,10-11,13-14,17,20,22-23,26,28-29,31-32,34-52H2,1-3H3/b12-9-,18-15-,19-16-,24-21-,27-25-,33-30-. The monoisotopic (exact) mass is 865 g/mol. The Balaban J connectivity index is 4.42. The van der Waals surface area contributed by atoms with Crippen LogP contribution in [0, 0.1) is 0 Å². The van der Waals surface area contributed by atoms with E-state index in [1.807, 2.05) is 36.5 Å². The van der Waals surface area contributed by atoms with Gasteiger partial charge in [0, 0.05) is 19.3 Å². The van der Waals surface area contributed by atoms with E-state index in [-0.39, 0.29) is 31.1 Å². The fourth-order valence-electron chi connectivity index (χ4n) is 7.13. The molecule has 356 valence electrons. The quantitative estimate of drug-likeness (QED) is 0.0199. The summed E-state index contributed by atoms with van der Waals surface area (Å²) in [5, 5.41) is 0. The van der Waals surface area contributed by atoms with Crippen molar-refractivity contribution in [2.75, 3.05) is 13.2 Å². The number of hydrogen-bond acceptors (Lipinski definition) is 6. The first kappa shape index (κ1) is 58.9. The highest BCUT2D eigenvalue weighted by Gasteiger charge is 2.19. The molecule has 0 bridgehead atoms. The maximum Gasteiger partial charge on any atom is 0.306 e. The largest absolute Gasteiger partial charge is 0.462 e. The number of hydrogen-bond donors (Lipinski definition) is 0. The maximum atomic E-state index is 12.8. The van der Waals surface area contributed by atoms with E-state index in [0.717, 1.165) is 83.5 Å². The summed E-state index contributed by atoms with van der Waals surface area (Å²) in [5.74, 6) is -0.934. The molecule has 0 N–H and O–H groups in total. The number of unbranched alkanes of at least 4 members (excludes halogenated alkanes) is 26. The molecule has 0 rings (SSSR count). The van der Waals surface area contributed by atoms with Gasteiger partial charge in [0.25, 0.3) is 0 Å². The fourth-order valence-corrected chi connectivity index (χ4v) is 7.13. The van der Waals surface area contributed by atoms with Gasteiger partial charge >= 0.3 is 17.9 Å². The highest BCUT2D eigenvalue weighted by atomic mass is 16.6. The Morgan fingerprint density at radius 2 is 0.694 bits per heavy atom. The van der Waals surface area contributed by atoms with Crippen LogP contribution >= 0.6 is 0 Å². The van der Waals surface area contributed by atoms with Gasteiger partial charge in [-0.1, -0.05) is 229 Å². The van der Waals surface area contributed by atoms with Crippen molar-refractivity contribution in [2.45, 2.75) is 252 Å². The van der Waals surface area contributed by atoms with Crippen molar-refractivity contribution < 1.29 is 28.6 Å². The zero-order chi connectivity index (χ0) is 45.1. The molecule has 0 spiro atoms. The van der Waals surface area contributed by atoms with E-state index < -0.39 is 6.10 Å². The van der Waals surface area contributed by atoms with E-state index in [2.05, 4.69) is 57.2 Å². The summed E-state index contributed by atoms with van der Waals surface area (Å²) in [7, 11) is 0. The lowest BCUT2D eigenvalue weighted by Gasteiger charge is -2.18. The van der Waals surface area contributed by atoms with E-state index in [9.17, 15) is 14.4 Å². The summed E-state index contributed by atoms with van der Waals surface area (Å²) >= 11 is 0.